The largest absolute Gasteiger partial charge is 0.437 e. The van der Waals surface area contributed by atoms with Crippen LogP contribution in [0.25, 0.3) is 21.3 Å². The van der Waals surface area contributed by atoms with Gasteiger partial charge in [0.2, 0.25) is 5.88 Å². The zero-order chi connectivity index (χ0) is 24.8. The average Bonchev–Trinajstić information content (AvgIpc) is 3.38. The summed E-state index contributed by atoms with van der Waals surface area (Å²) in [5.74, 6) is -0.209. The lowest BCUT2D eigenvalue weighted by Gasteiger charge is -2.10. The van der Waals surface area contributed by atoms with Gasteiger partial charge in [0, 0.05) is 42.4 Å². The Morgan fingerprint density at radius 1 is 1.32 bits per heavy atom. The topological polar surface area (TPSA) is 106 Å². The molecule has 34 heavy (non-hydrogen) atoms. The SMILES string of the molecule is CCNC(=O)c1cc2c(-c3sc(P(C)(C)=O)cc3Oc3ncc(F)cc3C)cn(C)c(=O)c2[nH]1. The molecule has 0 fully saturated rings. The van der Waals surface area contributed by atoms with Crippen LogP contribution in [0, 0.1) is 12.7 Å². The molecule has 0 unspecified atom stereocenters. The normalized spacial score (nSPS) is 11.7. The van der Waals surface area contributed by atoms with Crippen molar-refractivity contribution < 1.29 is 18.5 Å². The smallest absolute Gasteiger partial charge is 0.274 e. The number of nitrogens with zero attached hydrogens (tertiary/aromatic N) is 2. The molecule has 4 aromatic rings. The lowest BCUT2D eigenvalue weighted by molar-refractivity contribution is 0.0951. The fourth-order valence-corrected chi connectivity index (χ4v) is 5.95. The molecule has 0 aromatic carbocycles. The summed E-state index contributed by atoms with van der Waals surface area (Å²) in [6, 6.07) is 4.63. The highest BCUT2D eigenvalue weighted by molar-refractivity contribution is 7.75. The summed E-state index contributed by atoms with van der Waals surface area (Å²) in [6.07, 6.45) is 2.72. The lowest BCUT2D eigenvalue weighted by Crippen LogP contribution is -2.23. The molecule has 178 valence electrons. The van der Waals surface area contributed by atoms with Gasteiger partial charge in [-0.1, -0.05) is 0 Å². The molecule has 0 atom stereocenters. The van der Waals surface area contributed by atoms with Gasteiger partial charge in [0.05, 0.1) is 15.7 Å². The zero-order valence-electron chi connectivity index (χ0n) is 19.4. The van der Waals surface area contributed by atoms with Crippen molar-refractivity contribution in [1.82, 2.24) is 19.9 Å². The number of H-pyrrole nitrogens is 1. The number of aromatic nitrogens is 3. The summed E-state index contributed by atoms with van der Waals surface area (Å²) in [7, 11) is -1.04. The number of hydrogen-bond acceptors (Lipinski definition) is 6. The molecule has 0 radical (unpaired) electrons. The fraction of sp³-hybridized carbons (Fsp3) is 0.261. The third-order valence-electron chi connectivity index (χ3n) is 5.21. The molecule has 2 N–H and O–H groups in total. The first-order chi connectivity index (χ1) is 16.0. The van der Waals surface area contributed by atoms with E-state index in [1.165, 1.54) is 22.0 Å². The summed E-state index contributed by atoms with van der Waals surface area (Å²) >= 11 is 1.29. The van der Waals surface area contributed by atoms with E-state index in [0.29, 0.717) is 38.3 Å². The molecule has 1 amide bonds. The van der Waals surface area contributed by atoms with Crippen LogP contribution in [0.3, 0.4) is 0 Å². The first-order valence-corrected chi connectivity index (χ1v) is 13.9. The number of carbonyl (C=O) groups excluding carboxylic acids is 1. The quantitative estimate of drug-likeness (QED) is 0.384. The Labute approximate surface area is 199 Å². The molecule has 4 aromatic heterocycles. The van der Waals surface area contributed by atoms with Gasteiger partial charge in [-0.05, 0) is 39.3 Å². The maximum atomic E-state index is 13.5. The van der Waals surface area contributed by atoms with Gasteiger partial charge < -0.3 is 24.2 Å². The number of nitrogens with one attached hydrogen (secondary N) is 2. The van der Waals surface area contributed by atoms with Crippen LogP contribution in [-0.4, -0.2) is 40.3 Å². The van der Waals surface area contributed by atoms with Gasteiger partial charge in [0.25, 0.3) is 11.5 Å². The van der Waals surface area contributed by atoms with Gasteiger partial charge in [-0.2, -0.15) is 0 Å². The minimum atomic E-state index is -2.65. The second-order valence-electron chi connectivity index (χ2n) is 8.30. The van der Waals surface area contributed by atoms with Crippen molar-refractivity contribution in [3.8, 4) is 22.1 Å². The summed E-state index contributed by atoms with van der Waals surface area (Å²) in [6.45, 7) is 7.25. The minimum absolute atomic E-state index is 0.215. The number of pyridine rings is 2. The first-order valence-electron chi connectivity index (χ1n) is 10.5. The van der Waals surface area contributed by atoms with Crippen molar-refractivity contribution >= 4 is 39.9 Å². The number of thiophene rings is 1. The molecule has 8 nitrogen and oxygen atoms in total. The first kappa shape index (κ1) is 23.9. The summed E-state index contributed by atoms with van der Waals surface area (Å²) in [5.41, 5.74) is 1.37. The standard InChI is InChI=1S/C23H24FN4O4PS/c1-6-25-21(29)16-8-14-15(11-28(3)23(30)19(14)27-16)20-17(9-18(34-20)33(4,5)31)32-22-12(2)7-13(24)10-26-22/h7-11,27H,6H2,1-5H3,(H,25,29). The number of rotatable bonds is 6. The van der Waals surface area contributed by atoms with Gasteiger partial charge >= 0.3 is 0 Å². The van der Waals surface area contributed by atoms with E-state index >= 15 is 0 Å². The molecule has 4 heterocycles. The second kappa shape index (κ2) is 8.85. The molecule has 0 aliphatic heterocycles. The number of carbonyl (C=O) groups is 1. The molecule has 0 aliphatic rings. The van der Waals surface area contributed by atoms with Crippen LogP contribution < -0.4 is 20.2 Å². The number of amides is 1. The van der Waals surface area contributed by atoms with Crippen LogP contribution >= 0.6 is 18.5 Å². The molecular weight excluding hydrogens is 478 g/mol. The lowest BCUT2D eigenvalue weighted by atomic mass is 10.1. The Balaban J connectivity index is 1.96. The number of ether oxygens (including phenoxy) is 1. The average molecular weight is 503 g/mol. The number of aryl methyl sites for hydroxylation is 2. The highest BCUT2D eigenvalue weighted by Crippen LogP contribution is 2.47. The number of hydrogen-bond donors (Lipinski definition) is 2. The van der Waals surface area contributed by atoms with Crippen LogP contribution in [0.5, 0.6) is 11.6 Å². The number of halogens is 1. The highest BCUT2D eigenvalue weighted by Gasteiger charge is 2.25. The van der Waals surface area contributed by atoms with Crippen LogP contribution in [0.1, 0.15) is 23.0 Å². The van der Waals surface area contributed by atoms with E-state index in [2.05, 4.69) is 15.3 Å². The van der Waals surface area contributed by atoms with Gasteiger partial charge in [0.1, 0.15) is 29.9 Å². The van der Waals surface area contributed by atoms with Crippen molar-refractivity contribution in [3.05, 3.63) is 58.0 Å². The van der Waals surface area contributed by atoms with Crippen LogP contribution in [-0.2, 0) is 11.6 Å². The van der Waals surface area contributed by atoms with E-state index < -0.39 is 13.0 Å². The van der Waals surface area contributed by atoms with E-state index in [4.69, 9.17) is 4.74 Å². The maximum Gasteiger partial charge on any atom is 0.274 e. The summed E-state index contributed by atoms with van der Waals surface area (Å²) < 4.78 is 34.6. The van der Waals surface area contributed by atoms with Crippen molar-refractivity contribution in [2.45, 2.75) is 13.8 Å². The highest BCUT2D eigenvalue weighted by atomic mass is 32.1. The molecule has 4 rings (SSSR count). The zero-order valence-corrected chi connectivity index (χ0v) is 21.1. The number of aromatic amines is 1. The van der Waals surface area contributed by atoms with Crippen LogP contribution in [0.4, 0.5) is 4.39 Å². The van der Waals surface area contributed by atoms with E-state index in [9.17, 15) is 18.5 Å². The predicted molar refractivity (Wildman–Crippen MR) is 133 cm³/mol. The van der Waals surface area contributed by atoms with E-state index in [-0.39, 0.29) is 28.6 Å². The van der Waals surface area contributed by atoms with Crippen LogP contribution in [0.15, 0.2) is 35.4 Å². The maximum absolute atomic E-state index is 13.5. The molecule has 0 aliphatic carbocycles. The molecule has 0 saturated heterocycles. The van der Waals surface area contributed by atoms with E-state index in [1.807, 2.05) is 0 Å². The Morgan fingerprint density at radius 2 is 2.06 bits per heavy atom. The molecule has 0 saturated carbocycles. The van der Waals surface area contributed by atoms with Gasteiger partial charge in [0.15, 0.2) is 0 Å². The molecular formula is C23H24FN4O4PS. The Hall–Kier alpha value is -3.23. The molecule has 0 bridgehead atoms. The minimum Gasteiger partial charge on any atom is -0.437 e. The third kappa shape index (κ3) is 4.43. The molecule has 11 heteroatoms. The Morgan fingerprint density at radius 3 is 2.71 bits per heavy atom. The molecule has 0 spiro atoms. The Kier molecular flexibility index (Phi) is 6.22. The van der Waals surface area contributed by atoms with Crippen molar-refractivity contribution in [1.29, 1.82) is 0 Å². The van der Waals surface area contributed by atoms with Crippen molar-refractivity contribution in [2.75, 3.05) is 19.9 Å². The van der Waals surface area contributed by atoms with E-state index in [0.717, 1.165) is 6.20 Å². The monoisotopic (exact) mass is 502 g/mol. The number of fused-ring (bicyclic) bond motifs is 1. The van der Waals surface area contributed by atoms with Gasteiger partial charge in [-0.25, -0.2) is 9.37 Å². The predicted octanol–water partition coefficient (Wildman–Crippen LogP) is 4.23. The van der Waals surface area contributed by atoms with Crippen molar-refractivity contribution in [3.63, 3.8) is 0 Å². The van der Waals surface area contributed by atoms with Gasteiger partial charge in [-0.15, -0.1) is 11.3 Å². The van der Waals surface area contributed by atoms with E-state index in [1.54, 1.807) is 52.6 Å². The Bertz CT molecular complexity index is 1530. The summed E-state index contributed by atoms with van der Waals surface area (Å²) in [5, 5.41) is 3.25. The fourth-order valence-electron chi connectivity index (χ4n) is 3.52. The van der Waals surface area contributed by atoms with Crippen LogP contribution in [0.2, 0.25) is 0 Å². The van der Waals surface area contributed by atoms with Crippen molar-refractivity contribution in [2.24, 2.45) is 7.05 Å². The third-order valence-corrected chi connectivity index (χ3v) is 8.95. The summed E-state index contributed by atoms with van der Waals surface area (Å²) in [4.78, 5) is 32.8. The van der Waals surface area contributed by atoms with Gasteiger partial charge in [-0.3, -0.25) is 9.59 Å². The second-order valence-corrected chi connectivity index (χ2v) is 12.8.